The Kier molecular flexibility index (Phi) is 4.15. The minimum Gasteiger partial charge on any atom is -0.301 e. The number of rotatable bonds is 5. The molecule has 0 spiro atoms. The summed E-state index contributed by atoms with van der Waals surface area (Å²) in [4.78, 5) is 22.8. The number of benzene rings is 2. The third-order valence-corrected chi connectivity index (χ3v) is 2.92. The molecule has 0 unspecified atom stereocenters. The maximum Gasteiger partial charge on any atom is 0.161 e. The lowest BCUT2D eigenvalue weighted by atomic mass is 10.1. The summed E-state index contributed by atoms with van der Waals surface area (Å²) in [7, 11) is 0. The van der Waals surface area contributed by atoms with E-state index in [1.54, 1.807) is 24.3 Å². The highest BCUT2D eigenvalue weighted by molar-refractivity contribution is 5.99. The van der Waals surface area contributed by atoms with E-state index in [9.17, 15) is 9.59 Å². The Morgan fingerprint density at radius 2 is 1.60 bits per heavy atom. The van der Waals surface area contributed by atoms with Gasteiger partial charge in [-0.2, -0.15) is 0 Å². The molecule has 0 saturated carbocycles. The number of carbonyl (C=O) groups excluding carboxylic acids is 2. The molecule has 2 aromatic carbocycles. The fourth-order valence-electron chi connectivity index (χ4n) is 1.85. The fourth-order valence-corrected chi connectivity index (χ4v) is 1.85. The SMILES string of the molecule is CC(=O)c1cccc(NNc2ccccc2C(C)=O)c1. The van der Waals surface area contributed by atoms with Gasteiger partial charge in [0.1, 0.15) is 0 Å². The monoisotopic (exact) mass is 268 g/mol. The van der Waals surface area contributed by atoms with Crippen LogP contribution in [0.15, 0.2) is 48.5 Å². The van der Waals surface area contributed by atoms with Gasteiger partial charge in [-0.25, -0.2) is 0 Å². The summed E-state index contributed by atoms with van der Waals surface area (Å²) in [6.07, 6.45) is 0. The summed E-state index contributed by atoms with van der Waals surface area (Å²) in [6.45, 7) is 3.05. The molecule has 2 N–H and O–H groups in total. The molecule has 0 aliphatic rings. The average Bonchev–Trinajstić information content (AvgIpc) is 2.45. The molecule has 4 heteroatoms. The van der Waals surface area contributed by atoms with Gasteiger partial charge < -0.3 is 10.9 Å². The lowest BCUT2D eigenvalue weighted by Crippen LogP contribution is -2.12. The summed E-state index contributed by atoms with van der Waals surface area (Å²) in [5.74, 6) is 0.00479. The van der Waals surface area contributed by atoms with Crippen molar-refractivity contribution in [1.82, 2.24) is 0 Å². The number of Topliss-reactive ketones (excluding diaryl/α,β-unsaturated/α-hetero) is 2. The van der Waals surface area contributed by atoms with Crippen LogP contribution in [0.4, 0.5) is 11.4 Å². The molecule has 20 heavy (non-hydrogen) atoms. The molecule has 0 radical (unpaired) electrons. The van der Waals surface area contributed by atoms with Crippen molar-refractivity contribution in [3.63, 3.8) is 0 Å². The van der Waals surface area contributed by atoms with Crippen molar-refractivity contribution < 1.29 is 9.59 Å². The molecule has 0 fully saturated rings. The van der Waals surface area contributed by atoms with Gasteiger partial charge in [0, 0.05) is 11.1 Å². The van der Waals surface area contributed by atoms with Gasteiger partial charge in [-0.05, 0) is 38.1 Å². The van der Waals surface area contributed by atoms with Crippen LogP contribution >= 0.6 is 0 Å². The van der Waals surface area contributed by atoms with Gasteiger partial charge in [0.05, 0.1) is 11.4 Å². The van der Waals surface area contributed by atoms with Crippen LogP contribution < -0.4 is 10.9 Å². The van der Waals surface area contributed by atoms with Crippen molar-refractivity contribution in [2.24, 2.45) is 0 Å². The second-order valence-corrected chi connectivity index (χ2v) is 4.49. The molecule has 0 heterocycles. The second kappa shape index (κ2) is 6.02. The number of carbonyl (C=O) groups is 2. The standard InChI is InChI=1S/C16H16N2O2/c1-11(19)13-6-5-7-14(10-13)17-18-16-9-4-3-8-15(16)12(2)20/h3-10,17-18H,1-2H3. The molecule has 0 aliphatic carbocycles. The van der Waals surface area contributed by atoms with Crippen molar-refractivity contribution in [3.8, 4) is 0 Å². The normalized spacial score (nSPS) is 9.90. The first kappa shape index (κ1) is 13.8. The highest BCUT2D eigenvalue weighted by Gasteiger charge is 2.06. The van der Waals surface area contributed by atoms with Crippen LogP contribution in [-0.2, 0) is 0 Å². The van der Waals surface area contributed by atoms with Crippen LogP contribution in [0.5, 0.6) is 0 Å². The molecule has 0 saturated heterocycles. The minimum absolute atomic E-state index is 0.00705. The Hall–Kier alpha value is -2.62. The number of ketones is 2. The zero-order valence-corrected chi connectivity index (χ0v) is 11.4. The molecular weight excluding hydrogens is 252 g/mol. The van der Waals surface area contributed by atoms with E-state index in [1.165, 1.54) is 13.8 Å². The summed E-state index contributed by atoms with van der Waals surface area (Å²) >= 11 is 0. The topological polar surface area (TPSA) is 58.2 Å². The fraction of sp³-hybridized carbons (Fsp3) is 0.125. The summed E-state index contributed by atoms with van der Waals surface area (Å²) in [5.41, 5.74) is 8.70. The van der Waals surface area contributed by atoms with E-state index < -0.39 is 0 Å². The highest BCUT2D eigenvalue weighted by atomic mass is 16.1. The van der Waals surface area contributed by atoms with Crippen LogP contribution in [0.2, 0.25) is 0 Å². The van der Waals surface area contributed by atoms with Crippen LogP contribution in [0, 0.1) is 0 Å². The lowest BCUT2D eigenvalue weighted by Gasteiger charge is -2.12. The zero-order chi connectivity index (χ0) is 14.5. The molecule has 4 nitrogen and oxygen atoms in total. The van der Waals surface area contributed by atoms with E-state index in [2.05, 4.69) is 10.9 Å². The summed E-state index contributed by atoms with van der Waals surface area (Å²) in [6, 6.07) is 14.4. The Morgan fingerprint density at radius 3 is 2.30 bits per heavy atom. The molecule has 0 atom stereocenters. The van der Waals surface area contributed by atoms with Crippen LogP contribution in [0.25, 0.3) is 0 Å². The Balaban J connectivity index is 2.15. The quantitative estimate of drug-likeness (QED) is 0.643. The van der Waals surface area contributed by atoms with E-state index in [1.807, 2.05) is 24.3 Å². The van der Waals surface area contributed by atoms with Gasteiger partial charge in [0.2, 0.25) is 0 Å². The van der Waals surface area contributed by atoms with E-state index >= 15 is 0 Å². The van der Waals surface area contributed by atoms with Gasteiger partial charge in [0.15, 0.2) is 11.6 Å². The van der Waals surface area contributed by atoms with Gasteiger partial charge in [-0.15, -0.1) is 0 Å². The molecule has 0 aromatic heterocycles. The number of para-hydroxylation sites is 1. The number of hydrazine groups is 1. The first-order chi connectivity index (χ1) is 9.58. The predicted octanol–water partition coefficient (Wildman–Crippen LogP) is 3.53. The number of nitrogens with one attached hydrogen (secondary N) is 2. The molecule has 0 bridgehead atoms. The number of anilines is 2. The summed E-state index contributed by atoms with van der Waals surface area (Å²) < 4.78 is 0. The van der Waals surface area contributed by atoms with Crippen LogP contribution in [0.1, 0.15) is 34.6 Å². The largest absolute Gasteiger partial charge is 0.301 e. The van der Waals surface area contributed by atoms with Crippen molar-refractivity contribution in [1.29, 1.82) is 0 Å². The van der Waals surface area contributed by atoms with E-state index in [-0.39, 0.29) is 11.6 Å². The first-order valence-corrected chi connectivity index (χ1v) is 6.31. The molecule has 2 rings (SSSR count). The van der Waals surface area contributed by atoms with E-state index in [0.717, 1.165) is 5.69 Å². The van der Waals surface area contributed by atoms with Gasteiger partial charge >= 0.3 is 0 Å². The highest BCUT2D eigenvalue weighted by Crippen LogP contribution is 2.17. The van der Waals surface area contributed by atoms with E-state index in [4.69, 9.17) is 0 Å². The molecular formula is C16H16N2O2. The average molecular weight is 268 g/mol. The first-order valence-electron chi connectivity index (χ1n) is 6.31. The second-order valence-electron chi connectivity index (χ2n) is 4.49. The molecule has 0 amide bonds. The molecule has 0 aliphatic heterocycles. The maximum atomic E-state index is 11.5. The summed E-state index contributed by atoms with van der Waals surface area (Å²) in [5, 5.41) is 0. The maximum absolute atomic E-state index is 11.5. The molecule has 102 valence electrons. The third-order valence-electron chi connectivity index (χ3n) is 2.92. The van der Waals surface area contributed by atoms with Crippen molar-refractivity contribution in [3.05, 3.63) is 59.7 Å². The van der Waals surface area contributed by atoms with Crippen molar-refractivity contribution in [2.45, 2.75) is 13.8 Å². The minimum atomic E-state index is -0.00705. The van der Waals surface area contributed by atoms with Gasteiger partial charge in [-0.1, -0.05) is 24.3 Å². The Labute approximate surface area is 117 Å². The Bertz CT molecular complexity index is 650. The lowest BCUT2D eigenvalue weighted by molar-refractivity contribution is 0.101. The van der Waals surface area contributed by atoms with Crippen molar-refractivity contribution >= 4 is 22.9 Å². The van der Waals surface area contributed by atoms with Crippen molar-refractivity contribution in [2.75, 3.05) is 10.9 Å². The smallest absolute Gasteiger partial charge is 0.161 e. The van der Waals surface area contributed by atoms with E-state index in [0.29, 0.717) is 16.8 Å². The van der Waals surface area contributed by atoms with Gasteiger partial charge in [0.25, 0.3) is 0 Å². The predicted molar refractivity (Wildman–Crippen MR) is 80.1 cm³/mol. The van der Waals surface area contributed by atoms with Crippen LogP contribution in [0.3, 0.4) is 0 Å². The molecule has 2 aromatic rings. The number of hydrogen-bond acceptors (Lipinski definition) is 4. The number of hydrogen-bond donors (Lipinski definition) is 2. The Morgan fingerprint density at radius 1 is 0.850 bits per heavy atom. The third kappa shape index (κ3) is 3.23. The van der Waals surface area contributed by atoms with Gasteiger partial charge in [-0.3, -0.25) is 9.59 Å². The zero-order valence-electron chi connectivity index (χ0n) is 11.4. The van der Waals surface area contributed by atoms with Crippen LogP contribution in [-0.4, -0.2) is 11.6 Å².